The molecule has 1 rings (SSSR count). The normalized spacial score (nSPS) is 27.8. The maximum atomic E-state index is 5.62. The minimum Gasteiger partial charge on any atom is -0.386 e. The van der Waals surface area contributed by atoms with Crippen LogP contribution < -0.4 is 0 Å². The van der Waals surface area contributed by atoms with Crippen LogP contribution in [0, 0.1) is 0 Å². The molecule has 1 aliphatic heterocycles. The largest absolute Gasteiger partial charge is 0.433 e. The van der Waals surface area contributed by atoms with E-state index in [-0.39, 0.29) is 5.04 Å². The first kappa shape index (κ1) is 10.2. The topological polar surface area (TPSA) is 21.7 Å². The first-order valence-corrected chi connectivity index (χ1v) is 6.08. The standard InChI is InChI=1S/C8H19NO2Si/c1-8(2)6-7-9(3)12(8,10-4)11-5/h6-7H2,1-5H3. The van der Waals surface area contributed by atoms with Gasteiger partial charge in [-0.05, 0) is 20.0 Å². The Labute approximate surface area is 76.0 Å². The van der Waals surface area contributed by atoms with E-state index in [4.69, 9.17) is 8.85 Å². The maximum absolute atomic E-state index is 5.62. The van der Waals surface area contributed by atoms with Crippen molar-refractivity contribution in [2.45, 2.75) is 25.3 Å². The quantitative estimate of drug-likeness (QED) is 0.612. The zero-order valence-corrected chi connectivity index (χ0v) is 9.68. The Hall–Kier alpha value is 0.0969. The molecule has 4 heteroatoms. The van der Waals surface area contributed by atoms with Gasteiger partial charge in [-0.25, -0.2) is 0 Å². The lowest BCUT2D eigenvalue weighted by atomic mass is 10.1. The molecule has 0 saturated carbocycles. The third-order valence-corrected chi connectivity index (χ3v) is 7.28. The van der Waals surface area contributed by atoms with Crippen LogP contribution in [0.1, 0.15) is 20.3 Å². The lowest BCUT2D eigenvalue weighted by Gasteiger charge is -2.37. The van der Waals surface area contributed by atoms with Gasteiger partial charge in [-0.1, -0.05) is 13.8 Å². The highest BCUT2D eigenvalue weighted by atomic mass is 28.4. The summed E-state index contributed by atoms with van der Waals surface area (Å²) in [5, 5.41) is 0.200. The van der Waals surface area contributed by atoms with E-state index in [2.05, 4.69) is 25.5 Å². The highest BCUT2D eigenvalue weighted by Gasteiger charge is 2.59. The Morgan fingerprint density at radius 3 is 1.92 bits per heavy atom. The third kappa shape index (κ3) is 1.14. The fraction of sp³-hybridized carbons (Fsp3) is 1.00. The van der Waals surface area contributed by atoms with Gasteiger partial charge in [-0.2, -0.15) is 0 Å². The number of hydrogen-bond donors (Lipinski definition) is 0. The summed E-state index contributed by atoms with van der Waals surface area (Å²) in [4.78, 5) is 0. The molecule has 0 bridgehead atoms. The first-order valence-electron chi connectivity index (χ1n) is 4.32. The lowest BCUT2D eigenvalue weighted by Crippen LogP contribution is -2.57. The lowest BCUT2D eigenvalue weighted by molar-refractivity contribution is 0.176. The van der Waals surface area contributed by atoms with Gasteiger partial charge in [-0.3, -0.25) is 4.57 Å². The molecule has 3 nitrogen and oxygen atoms in total. The number of nitrogens with zero attached hydrogens (tertiary/aromatic N) is 1. The second-order valence-electron chi connectivity index (χ2n) is 4.05. The van der Waals surface area contributed by atoms with Crippen LogP contribution in [0.3, 0.4) is 0 Å². The molecule has 72 valence electrons. The molecule has 0 spiro atoms. The molecule has 1 heterocycles. The fourth-order valence-electron chi connectivity index (χ4n) is 2.22. The van der Waals surface area contributed by atoms with Crippen molar-refractivity contribution in [3.63, 3.8) is 0 Å². The van der Waals surface area contributed by atoms with Crippen molar-refractivity contribution in [2.75, 3.05) is 27.8 Å². The van der Waals surface area contributed by atoms with Crippen molar-refractivity contribution in [3.05, 3.63) is 0 Å². The van der Waals surface area contributed by atoms with E-state index in [0.29, 0.717) is 0 Å². The molecule has 1 saturated heterocycles. The summed E-state index contributed by atoms with van der Waals surface area (Å²) in [7, 11) is 3.54. The van der Waals surface area contributed by atoms with Gasteiger partial charge in [-0.15, -0.1) is 0 Å². The van der Waals surface area contributed by atoms with Gasteiger partial charge >= 0.3 is 8.72 Å². The van der Waals surface area contributed by atoms with Crippen molar-refractivity contribution in [1.82, 2.24) is 4.57 Å². The summed E-state index contributed by atoms with van der Waals surface area (Å²) in [6, 6.07) is 0. The zero-order valence-electron chi connectivity index (χ0n) is 8.68. The Balaban J connectivity index is 2.95. The molecule has 0 aromatic heterocycles. The molecule has 0 aromatic carbocycles. The molecule has 1 fully saturated rings. The van der Waals surface area contributed by atoms with Crippen LogP contribution in [0.5, 0.6) is 0 Å². The highest BCUT2D eigenvalue weighted by molar-refractivity contribution is 6.68. The van der Waals surface area contributed by atoms with Crippen LogP contribution in [0.2, 0.25) is 5.04 Å². The Bertz CT molecular complexity index is 168. The Morgan fingerprint density at radius 1 is 1.25 bits per heavy atom. The minimum atomic E-state index is -2.08. The van der Waals surface area contributed by atoms with Gasteiger partial charge < -0.3 is 8.85 Å². The maximum Gasteiger partial charge on any atom is 0.433 e. The molecule has 0 atom stereocenters. The van der Waals surface area contributed by atoms with Crippen molar-refractivity contribution >= 4 is 8.72 Å². The van der Waals surface area contributed by atoms with E-state index < -0.39 is 8.72 Å². The number of rotatable bonds is 2. The van der Waals surface area contributed by atoms with Gasteiger partial charge in [0.2, 0.25) is 0 Å². The predicted molar refractivity (Wildman–Crippen MR) is 51.1 cm³/mol. The monoisotopic (exact) mass is 189 g/mol. The second kappa shape index (κ2) is 3.10. The second-order valence-corrected chi connectivity index (χ2v) is 8.14. The van der Waals surface area contributed by atoms with Crippen molar-refractivity contribution < 1.29 is 8.85 Å². The minimum absolute atomic E-state index is 0.200. The molecule has 0 unspecified atom stereocenters. The molecule has 12 heavy (non-hydrogen) atoms. The van der Waals surface area contributed by atoms with Crippen LogP contribution in [-0.4, -0.2) is 41.1 Å². The van der Waals surface area contributed by atoms with E-state index >= 15 is 0 Å². The molecular weight excluding hydrogens is 170 g/mol. The Morgan fingerprint density at radius 2 is 1.75 bits per heavy atom. The fourth-order valence-corrected chi connectivity index (χ4v) is 5.98. The molecule has 0 radical (unpaired) electrons. The average molecular weight is 189 g/mol. The summed E-state index contributed by atoms with van der Waals surface area (Å²) < 4.78 is 13.5. The highest BCUT2D eigenvalue weighted by Crippen LogP contribution is 2.47. The van der Waals surface area contributed by atoms with E-state index in [0.717, 1.165) is 13.0 Å². The summed E-state index contributed by atoms with van der Waals surface area (Å²) >= 11 is 0. The molecule has 0 N–H and O–H groups in total. The zero-order chi connectivity index (χ0) is 9.41. The Kier molecular flexibility index (Phi) is 2.63. The smallest absolute Gasteiger partial charge is 0.386 e. The molecular formula is C8H19NO2Si. The van der Waals surface area contributed by atoms with Gasteiger partial charge in [0.05, 0.1) is 0 Å². The molecule has 0 aromatic rings. The predicted octanol–water partition coefficient (Wildman–Crippen LogP) is 1.33. The van der Waals surface area contributed by atoms with Crippen LogP contribution in [-0.2, 0) is 8.85 Å². The van der Waals surface area contributed by atoms with E-state index in [1.54, 1.807) is 14.2 Å². The summed E-state index contributed by atoms with van der Waals surface area (Å²) in [6.07, 6.45) is 1.16. The third-order valence-electron chi connectivity index (χ3n) is 2.98. The van der Waals surface area contributed by atoms with Gasteiger partial charge in [0.15, 0.2) is 0 Å². The summed E-state index contributed by atoms with van der Waals surface area (Å²) in [5.41, 5.74) is 0. The van der Waals surface area contributed by atoms with Crippen molar-refractivity contribution in [2.24, 2.45) is 0 Å². The molecule has 0 amide bonds. The van der Waals surface area contributed by atoms with E-state index in [1.807, 2.05) is 0 Å². The molecule has 1 aliphatic rings. The van der Waals surface area contributed by atoms with Crippen LogP contribution >= 0.6 is 0 Å². The first-order chi connectivity index (χ1) is 5.50. The van der Waals surface area contributed by atoms with Gasteiger partial charge in [0.25, 0.3) is 0 Å². The van der Waals surface area contributed by atoms with Crippen molar-refractivity contribution in [1.29, 1.82) is 0 Å². The van der Waals surface area contributed by atoms with Crippen LogP contribution in [0.4, 0.5) is 0 Å². The van der Waals surface area contributed by atoms with E-state index in [9.17, 15) is 0 Å². The summed E-state index contributed by atoms with van der Waals surface area (Å²) in [6.45, 7) is 5.55. The number of hydrogen-bond acceptors (Lipinski definition) is 3. The molecule has 0 aliphatic carbocycles. The van der Waals surface area contributed by atoms with Gasteiger partial charge in [0.1, 0.15) is 0 Å². The SMILES string of the molecule is CO[Si]1(OC)N(C)CCC1(C)C. The van der Waals surface area contributed by atoms with Crippen LogP contribution in [0.15, 0.2) is 0 Å². The van der Waals surface area contributed by atoms with Gasteiger partial charge in [0, 0.05) is 19.3 Å². The average Bonchev–Trinajstić information content (AvgIpc) is 2.24. The van der Waals surface area contributed by atoms with Crippen LogP contribution in [0.25, 0.3) is 0 Å². The van der Waals surface area contributed by atoms with E-state index in [1.165, 1.54) is 0 Å². The summed E-state index contributed by atoms with van der Waals surface area (Å²) in [5.74, 6) is 0. The van der Waals surface area contributed by atoms with Crippen molar-refractivity contribution in [3.8, 4) is 0 Å².